The number of aromatic nitrogens is 3. The Labute approximate surface area is 130 Å². The van der Waals surface area contributed by atoms with Crippen LogP contribution in [0.5, 0.6) is 0 Å². The van der Waals surface area contributed by atoms with Crippen LogP contribution in [0.25, 0.3) is 0 Å². The topological polar surface area (TPSA) is 47.9 Å². The maximum atomic E-state index is 12.8. The molecular weight excluding hydrogens is 281 g/mol. The predicted octanol–water partition coefficient (Wildman–Crippen LogP) is 4.02. The van der Waals surface area contributed by atoms with Crippen LogP contribution in [0.2, 0.25) is 0 Å². The number of hydrogen-bond acceptors (Lipinski definition) is 4. The summed E-state index contributed by atoms with van der Waals surface area (Å²) in [7, 11) is 0. The minimum Gasteiger partial charge on any atom is -0.371 e. The minimum absolute atomic E-state index is 0.00340. The van der Waals surface area contributed by atoms with E-state index in [4.69, 9.17) is 4.74 Å². The van der Waals surface area contributed by atoms with Crippen LogP contribution < -0.4 is 0 Å². The molecule has 2 atom stereocenters. The molecule has 118 valence electrons. The second-order valence-electron chi connectivity index (χ2n) is 5.78. The molecule has 5 heteroatoms. The molecule has 0 saturated carbocycles. The maximum absolute atomic E-state index is 12.8. The molecule has 0 fully saturated rings. The Morgan fingerprint density at radius 1 is 1.05 bits per heavy atom. The summed E-state index contributed by atoms with van der Waals surface area (Å²) in [6.07, 6.45) is 2.24. The standard InChI is InChI=1S/C17H22FN3O/c1-11(2)15-6-5-7-16(21-15)13(4)22-10-12(3)17-19-8-14(18)9-20-17/h5-9,11-13H,10H2,1-4H3. The number of ether oxygens (including phenoxy) is 1. The summed E-state index contributed by atoms with van der Waals surface area (Å²) in [6.45, 7) is 8.63. The Bertz CT molecular complexity index is 601. The van der Waals surface area contributed by atoms with Crippen molar-refractivity contribution in [2.24, 2.45) is 0 Å². The van der Waals surface area contributed by atoms with Crippen LogP contribution in [-0.2, 0) is 4.74 Å². The summed E-state index contributed by atoms with van der Waals surface area (Å²) < 4.78 is 18.7. The van der Waals surface area contributed by atoms with Crippen LogP contribution in [0.15, 0.2) is 30.6 Å². The molecule has 22 heavy (non-hydrogen) atoms. The average Bonchev–Trinajstić information content (AvgIpc) is 2.53. The van der Waals surface area contributed by atoms with Gasteiger partial charge in [-0.15, -0.1) is 0 Å². The van der Waals surface area contributed by atoms with E-state index in [1.165, 1.54) is 12.4 Å². The van der Waals surface area contributed by atoms with E-state index < -0.39 is 5.82 Å². The lowest BCUT2D eigenvalue weighted by molar-refractivity contribution is 0.0533. The Kier molecular flexibility index (Phi) is 5.55. The van der Waals surface area contributed by atoms with Crippen LogP contribution in [0.3, 0.4) is 0 Å². The van der Waals surface area contributed by atoms with Crippen LogP contribution in [0.4, 0.5) is 4.39 Å². The van der Waals surface area contributed by atoms with Gasteiger partial charge in [0, 0.05) is 11.6 Å². The number of hydrogen-bond donors (Lipinski definition) is 0. The largest absolute Gasteiger partial charge is 0.371 e. The highest BCUT2D eigenvalue weighted by Crippen LogP contribution is 2.20. The van der Waals surface area contributed by atoms with Crippen molar-refractivity contribution in [2.45, 2.75) is 45.6 Å². The molecule has 0 spiro atoms. The number of pyridine rings is 1. The molecule has 0 aliphatic rings. The SMILES string of the molecule is CC(C)c1cccc(C(C)OCC(C)c2ncc(F)cn2)n1. The molecule has 2 aromatic rings. The molecule has 0 saturated heterocycles. The molecule has 0 N–H and O–H groups in total. The third-order valence-electron chi connectivity index (χ3n) is 3.48. The van der Waals surface area contributed by atoms with Crippen molar-refractivity contribution in [1.82, 2.24) is 15.0 Å². The van der Waals surface area contributed by atoms with Crippen molar-refractivity contribution >= 4 is 0 Å². The summed E-state index contributed by atoms with van der Waals surface area (Å²) in [5, 5.41) is 0. The molecule has 0 aliphatic carbocycles. The fourth-order valence-electron chi connectivity index (χ4n) is 2.04. The van der Waals surface area contributed by atoms with Gasteiger partial charge in [-0.1, -0.05) is 26.8 Å². The van der Waals surface area contributed by atoms with Gasteiger partial charge >= 0.3 is 0 Å². The van der Waals surface area contributed by atoms with Gasteiger partial charge in [0.25, 0.3) is 0 Å². The third-order valence-corrected chi connectivity index (χ3v) is 3.48. The van der Waals surface area contributed by atoms with Gasteiger partial charge in [0.1, 0.15) is 5.82 Å². The monoisotopic (exact) mass is 303 g/mol. The fourth-order valence-corrected chi connectivity index (χ4v) is 2.04. The first-order chi connectivity index (χ1) is 10.5. The zero-order chi connectivity index (χ0) is 16.1. The van der Waals surface area contributed by atoms with Crippen LogP contribution in [-0.4, -0.2) is 21.6 Å². The minimum atomic E-state index is -0.431. The lowest BCUT2D eigenvalue weighted by Gasteiger charge is -2.17. The first-order valence-electron chi connectivity index (χ1n) is 7.53. The second kappa shape index (κ2) is 7.40. The van der Waals surface area contributed by atoms with E-state index in [1.54, 1.807) is 0 Å². The molecule has 0 radical (unpaired) electrons. The highest BCUT2D eigenvalue weighted by Gasteiger charge is 2.14. The summed E-state index contributed by atoms with van der Waals surface area (Å²) in [5.41, 5.74) is 1.97. The zero-order valence-corrected chi connectivity index (χ0v) is 13.5. The zero-order valence-electron chi connectivity index (χ0n) is 13.5. The van der Waals surface area contributed by atoms with Crippen LogP contribution in [0, 0.1) is 5.82 Å². The van der Waals surface area contributed by atoms with E-state index in [-0.39, 0.29) is 12.0 Å². The maximum Gasteiger partial charge on any atom is 0.159 e. The lowest BCUT2D eigenvalue weighted by Crippen LogP contribution is -2.12. The third kappa shape index (κ3) is 4.31. The van der Waals surface area contributed by atoms with E-state index >= 15 is 0 Å². The predicted molar refractivity (Wildman–Crippen MR) is 83.1 cm³/mol. The Hall–Kier alpha value is -1.88. The van der Waals surface area contributed by atoms with Gasteiger partial charge in [-0.25, -0.2) is 14.4 Å². The highest BCUT2D eigenvalue weighted by molar-refractivity contribution is 5.15. The summed E-state index contributed by atoms with van der Waals surface area (Å²) in [5.74, 6) is 0.535. The molecule has 2 unspecified atom stereocenters. The van der Waals surface area contributed by atoms with E-state index in [9.17, 15) is 4.39 Å². The lowest BCUT2D eigenvalue weighted by atomic mass is 10.1. The van der Waals surface area contributed by atoms with E-state index in [0.29, 0.717) is 18.3 Å². The molecule has 2 rings (SSSR count). The van der Waals surface area contributed by atoms with Crippen molar-refractivity contribution in [3.63, 3.8) is 0 Å². The first kappa shape index (κ1) is 16.5. The van der Waals surface area contributed by atoms with Gasteiger partial charge in [0.2, 0.25) is 0 Å². The van der Waals surface area contributed by atoms with Crippen molar-refractivity contribution in [1.29, 1.82) is 0 Å². The molecule has 0 bridgehead atoms. The highest BCUT2D eigenvalue weighted by atomic mass is 19.1. The van der Waals surface area contributed by atoms with Gasteiger partial charge in [-0.3, -0.25) is 4.98 Å². The van der Waals surface area contributed by atoms with Crippen molar-refractivity contribution < 1.29 is 9.13 Å². The van der Waals surface area contributed by atoms with E-state index in [1.807, 2.05) is 32.0 Å². The van der Waals surface area contributed by atoms with Crippen molar-refractivity contribution in [2.75, 3.05) is 6.61 Å². The van der Waals surface area contributed by atoms with E-state index in [0.717, 1.165) is 11.4 Å². The Morgan fingerprint density at radius 2 is 1.68 bits per heavy atom. The number of rotatable bonds is 6. The van der Waals surface area contributed by atoms with Crippen LogP contribution >= 0.6 is 0 Å². The number of nitrogens with zero attached hydrogens (tertiary/aromatic N) is 3. The molecule has 0 amide bonds. The van der Waals surface area contributed by atoms with Crippen molar-refractivity contribution in [3.05, 3.63) is 53.6 Å². The summed E-state index contributed by atoms with van der Waals surface area (Å²) >= 11 is 0. The van der Waals surface area contributed by atoms with Gasteiger partial charge in [-0.05, 0) is 25.0 Å². The Morgan fingerprint density at radius 3 is 2.32 bits per heavy atom. The van der Waals surface area contributed by atoms with Crippen LogP contribution in [0.1, 0.15) is 62.8 Å². The van der Waals surface area contributed by atoms with Gasteiger partial charge in [0.15, 0.2) is 5.82 Å². The quantitative estimate of drug-likeness (QED) is 0.809. The molecular formula is C17H22FN3O. The van der Waals surface area contributed by atoms with E-state index in [2.05, 4.69) is 28.8 Å². The molecule has 2 aromatic heterocycles. The average molecular weight is 303 g/mol. The molecule has 4 nitrogen and oxygen atoms in total. The molecule has 0 aromatic carbocycles. The van der Waals surface area contributed by atoms with Gasteiger partial charge in [0.05, 0.1) is 30.8 Å². The van der Waals surface area contributed by atoms with Crippen molar-refractivity contribution in [3.8, 4) is 0 Å². The first-order valence-corrected chi connectivity index (χ1v) is 7.53. The Balaban J connectivity index is 1.96. The fraction of sp³-hybridized carbons (Fsp3) is 0.471. The van der Waals surface area contributed by atoms with Gasteiger partial charge in [-0.2, -0.15) is 0 Å². The smallest absolute Gasteiger partial charge is 0.159 e. The van der Waals surface area contributed by atoms with Gasteiger partial charge < -0.3 is 4.74 Å². The summed E-state index contributed by atoms with van der Waals surface area (Å²) in [4.78, 5) is 12.6. The summed E-state index contributed by atoms with van der Waals surface area (Å²) in [6, 6.07) is 6.00. The molecule has 2 heterocycles. The molecule has 0 aliphatic heterocycles. The number of halogens is 1. The second-order valence-corrected chi connectivity index (χ2v) is 5.78. The normalized spacial score (nSPS) is 14.1.